The summed E-state index contributed by atoms with van der Waals surface area (Å²) in [5, 5.41) is 22.1. The number of hydrogen-bond donors (Lipinski definition) is 1. The number of nitrogens with one attached hydrogen (secondary N) is 1. The number of hydrogen-bond acceptors (Lipinski definition) is 7. The summed E-state index contributed by atoms with van der Waals surface area (Å²) in [7, 11) is 0. The third-order valence-corrected chi connectivity index (χ3v) is 5.96. The molecule has 3 heterocycles. The number of nitrogens with zero attached hydrogens (tertiary/aromatic N) is 5. The van der Waals surface area contributed by atoms with Gasteiger partial charge in [-0.2, -0.15) is 15.5 Å². The van der Waals surface area contributed by atoms with Crippen LogP contribution in [0, 0.1) is 11.3 Å². The number of piperazine rings is 1. The van der Waals surface area contributed by atoms with E-state index in [1.807, 2.05) is 30.3 Å². The van der Waals surface area contributed by atoms with Crippen LogP contribution in [0.25, 0.3) is 10.9 Å². The summed E-state index contributed by atoms with van der Waals surface area (Å²) in [5.41, 5.74) is 4.75. The number of nitriles is 1. The fourth-order valence-corrected chi connectivity index (χ4v) is 4.31. The van der Waals surface area contributed by atoms with Crippen molar-refractivity contribution < 1.29 is 4.74 Å². The van der Waals surface area contributed by atoms with Gasteiger partial charge in [-0.3, -0.25) is 4.90 Å². The van der Waals surface area contributed by atoms with Crippen LogP contribution in [0.15, 0.2) is 48.7 Å². The van der Waals surface area contributed by atoms with Crippen LogP contribution in [0.4, 0.5) is 11.4 Å². The van der Waals surface area contributed by atoms with Crippen molar-refractivity contribution in [2.45, 2.75) is 12.6 Å². The van der Waals surface area contributed by atoms with Gasteiger partial charge >= 0.3 is 0 Å². The van der Waals surface area contributed by atoms with Crippen LogP contribution in [-0.2, 0) is 11.3 Å². The number of morpholine rings is 1. The average Bonchev–Trinajstić information content (AvgIpc) is 2.82. The SMILES string of the molecule is N#Cc1cccc(CNc2cnnc3ccc(N4CCN5CCOCC5C4)cc23)c1. The van der Waals surface area contributed by atoms with Crippen LogP contribution >= 0.6 is 0 Å². The summed E-state index contributed by atoms with van der Waals surface area (Å²) < 4.78 is 5.69. The van der Waals surface area contributed by atoms with Gasteiger partial charge in [0.1, 0.15) is 0 Å². The average molecular weight is 400 g/mol. The number of rotatable bonds is 4. The Kier molecular flexibility index (Phi) is 5.18. The van der Waals surface area contributed by atoms with E-state index in [-0.39, 0.29) is 0 Å². The molecule has 0 aliphatic carbocycles. The molecule has 1 atom stereocenters. The summed E-state index contributed by atoms with van der Waals surface area (Å²) in [5.74, 6) is 0. The molecule has 5 rings (SSSR count). The quantitative estimate of drug-likeness (QED) is 0.721. The van der Waals surface area contributed by atoms with Gasteiger partial charge in [-0.15, -0.1) is 0 Å². The fourth-order valence-electron chi connectivity index (χ4n) is 4.31. The van der Waals surface area contributed by atoms with E-state index in [4.69, 9.17) is 10.00 Å². The zero-order valence-electron chi connectivity index (χ0n) is 16.8. The van der Waals surface area contributed by atoms with E-state index >= 15 is 0 Å². The molecule has 7 nitrogen and oxygen atoms in total. The molecule has 30 heavy (non-hydrogen) atoms. The maximum atomic E-state index is 9.11. The van der Waals surface area contributed by atoms with Gasteiger partial charge in [0, 0.05) is 43.8 Å². The van der Waals surface area contributed by atoms with Crippen LogP contribution in [-0.4, -0.2) is 60.5 Å². The van der Waals surface area contributed by atoms with E-state index in [9.17, 15) is 0 Å². The first kappa shape index (κ1) is 18.8. The molecule has 7 heteroatoms. The second-order valence-corrected chi connectivity index (χ2v) is 7.84. The third kappa shape index (κ3) is 3.80. The lowest BCUT2D eigenvalue weighted by molar-refractivity contribution is -0.0116. The maximum Gasteiger partial charge on any atom is 0.0991 e. The second-order valence-electron chi connectivity index (χ2n) is 7.84. The van der Waals surface area contributed by atoms with E-state index in [0.717, 1.165) is 61.5 Å². The molecule has 0 saturated carbocycles. The van der Waals surface area contributed by atoms with Gasteiger partial charge in [0.15, 0.2) is 0 Å². The Labute approximate surface area is 175 Å². The highest BCUT2D eigenvalue weighted by Crippen LogP contribution is 2.28. The molecule has 2 aliphatic heterocycles. The van der Waals surface area contributed by atoms with Crippen molar-refractivity contribution >= 4 is 22.3 Å². The number of ether oxygens (including phenoxy) is 1. The number of anilines is 2. The highest BCUT2D eigenvalue weighted by Gasteiger charge is 2.29. The van der Waals surface area contributed by atoms with Crippen LogP contribution < -0.4 is 10.2 Å². The van der Waals surface area contributed by atoms with Crippen molar-refractivity contribution in [1.29, 1.82) is 5.26 Å². The van der Waals surface area contributed by atoms with Crippen LogP contribution in [0.1, 0.15) is 11.1 Å². The monoisotopic (exact) mass is 400 g/mol. The molecule has 2 fully saturated rings. The molecule has 1 unspecified atom stereocenters. The molecule has 0 spiro atoms. The Bertz CT molecular complexity index is 1090. The summed E-state index contributed by atoms with van der Waals surface area (Å²) in [6, 6.07) is 16.7. The lowest BCUT2D eigenvalue weighted by Crippen LogP contribution is -2.58. The van der Waals surface area contributed by atoms with Crippen LogP contribution in [0.5, 0.6) is 0 Å². The molecule has 1 N–H and O–H groups in total. The minimum atomic E-state index is 0.462. The minimum Gasteiger partial charge on any atom is -0.379 e. The topological polar surface area (TPSA) is 77.3 Å². The highest BCUT2D eigenvalue weighted by atomic mass is 16.5. The molecule has 152 valence electrons. The fraction of sp³-hybridized carbons (Fsp3) is 0.348. The molecule has 0 bridgehead atoms. The largest absolute Gasteiger partial charge is 0.379 e. The second kappa shape index (κ2) is 8.27. The van der Waals surface area contributed by atoms with E-state index < -0.39 is 0 Å². The van der Waals surface area contributed by atoms with E-state index in [1.165, 1.54) is 5.69 Å². The van der Waals surface area contributed by atoms with Crippen molar-refractivity contribution in [3.8, 4) is 6.07 Å². The molecular weight excluding hydrogens is 376 g/mol. The van der Waals surface area contributed by atoms with E-state index in [0.29, 0.717) is 18.2 Å². The molecule has 1 aromatic heterocycles. The van der Waals surface area contributed by atoms with E-state index in [1.54, 1.807) is 6.20 Å². The van der Waals surface area contributed by atoms with E-state index in [2.05, 4.69) is 43.5 Å². The van der Waals surface area contributed by atoms with Crippen molar-refractivity contribution in [2.24, 2.45) is 0 Å². The highest BCUT2D eigenvalue weighted by molar-refractivity contribution is 5.92. The van der Waals surface area contributed by atoms with Crippen molar-refractivity contribution in [2.75, 3.05) is 49.6 Å². The normalized spacial score (nSPS) is 19.3. The Morgan fingerprint density at radius 1 is 1.17 bits per heavy atom. The van der Waals surface area contributed by atoms with Crippen LogP contribution in [0.2, 0.25) is 0 Å². The van der Waals surface area contributed by atoms with Crippen molar-refractivity contribution in [3.05, 3.63) is 59.8 Å². The summed E-state index contributed by atoms with van der Waals surface area (Å²) in [6.45, 7) is 6.38. The van der Waals surface area contributed by atoms with Crippen LogP contribution in [0.3, 0.4) is 0 Å². The number of aromatic nitrogens is 2. The molecule has 0 radical (unpaired) electrons. The van der Waals surface area contributed by atoms with Crippen molar-refractivity contribution in [1.82, 2.24) is 15.1 Å². The zero-order chi connectivity index (χ0) is 20.3. The predicted molar refractivity (Wildman–Crippen MR) is 116 cm³/mol. The van der Waals surface area contributed by atoms with Gasteiger partial charge in [0.2, 0.25) is 0 Å². The smallest absolute Gasteiger partial charge is 0.0991 e. The first-order valence-corrected chi connectivity index (χ1v) is 10.4. The van der Waals surface area contributed by atoms with Gasteiger partial charge < -0.3 is 15.0 Å². The third-order valence-electron chi connectivity index (χ3n) is 5.96. The summed E-state index contributed by atoms with van der Waals surface area (Å²) in [4.78, 5) is 4.98. The molecule has 2 aromatic carbocycles. The number of fused-ring (bicyclic) bond motifs is 2. The number of benzene rings is 2. The molecule has 2 aliphatic rings. The molecule has 0 amide bonds. The Hall–Kier alpha value is -3.21. The van der Waals surface area contributed by atoms with Gasteiger partial charge in [-0.1, -0.05) is 12.1 Å². The first-order chi connectivity index (χ1) is 14.8. The standard InChI is InChI=1S/C23H24N6O/c24-12-17-2-1-3-18(10-17)13-25-23-14-26-27-22-5-4-19(11-21(22)23)29-7-6-28-8-9-30-16-20(28)15-29/h1-5,10-11,14,20H,6-9,13,15-16H2,(H,25,27). The maximum absolute atomic E-state index is 9.11. The lowest BCUT2D eigenvalue weighted by Gasteiger charge is -2.44. The molecule has 2 saturated heterocycles. The van der Waals surface area contributed by atoms with Gasteiger partial charge in [0.05, 0.1) is 48.3 Å². The Morgan fingerprint density at radius 3 is 3.07 bits per heavy atom. The Balaban J connectivity index is 1.38. The first-order valence-electron chi connectivity index (χ1n) is 10.4. The predicted octanol–water partition coefficient (Wildman–Crippen LogP) is 2.63. The molecule has 3 aromatic rings. The minimum absolute atomic E-state index is 0.462. The summed E-state index contributed by atoms with van der Waals surface area (Å²) >= 11 is 0. The van der Waals surface area contributed by atoms with Gasteiger partial charge in [0.25, 0.3) is 0 Å². The van der Waals surface area contributed by atoms with Gasteiger partial charge in [-0.05, 0) is 35.9 Å². The zero-order valence-corrected chi connectivity index (χ0v) is 16.8. The van der Waals surface area contributed by atoms with Crippen molar-refractivity contribution in [3.63, 3.8) is 0 Å². The summed E-state index contributed by atoms with van der Waals surface area (Å²) in [6.07, 6.45) is 1.77. The Morgan fingerprint density at radius 2 is 2.13 bits per heavy atom. The van der Waals surface area contributed by atoms with Gasteiger partial charge in [-0.25, -0.2) is 0 Å². The lowest BCUT2D eigenvalue weighted by atomic mass is 10.1. The molecular formula is C23H24N6O.